The minimum Gasteiger partial charge on any atom is -0.505 e. The molecule has 27 heavy (non-hydrogen) atoms. The molecule has 0 saturated heterocycles. The van der Waals surface area contributed by atoms with Gasteiger partial charge in [-0.25, -0.2) is 0 Å². The van der Waals surface area contributed by atoms with Crippen molar-refractivity contribution in [1.82, 2.24) is 9.88 Å². The van der Waals surface area contributed by atoms with Crippen LogP contribution >= 0.6 is 23.2 Å². The van der Waals surface area contributed by atoms with Crippen molar-refractivity contribution in [3.05, 3.63) is 51.6 Å². The van der Waals surface area contributed by atoms with E-state index in [-0.39, 0.29) is 32.9 Å². The number of halogens is 2. The fourth-order valence-corrected chi connectivity index (χ4v) is 3.22. The molecular formula is C18H14Cl2N4O3. The molecule has 1 aliphatic heterocycles. The number of rotatable bonds is 2. The van der Waals surface area contributed by atoms with Gasteiger partial charge in [0.25, 0.3) is 11.8 Å². The van der Waals surface area contributed by atoms with E-state index in [0.29, 0.717) is 5.69 Å². The Morgan fingerprint density at radius 3 is 2.67 bits per heavy atom. The van der Waals surface area contributed by atoms with E-state index < -0.39 is 11.7 Å². The third-order valence-electron chi connectivity index (χ3n) is 4.16. The van der Waals surface area contributed by atoms with E-state index in [2.05, 4.69) is 15.5 Å². The molecule has 2 aromatic carbocycles. The average molecular weight is 405 g/mol. The van der Waals surface area contributed by atoms with Crippen molar-refractivity contribution >= 4 is 51.6 Å². The number of carbonyl (C=O) groups excluding carboxylic acids is 1. The predicted molar refractivity (Wildman–Crippen MR) is 105 cm³/mol. The molecule has 3 aromatic rings. The van der Waals surface area contributed by atoms with Crippen LogP contribution in [0.5, 0.6) is 11.5 Å². The van der Waals surface area contributed by atoms with Crippen molar-refractivity contribution in [3.8, 4) is 11.5 Å². The maximum atomic E-state index is 12.5. The Labute approximate surface area is 164 Å². The number of aromatic amines is 1. The molecule has 0 radical (unpaired) electrons. The summed E-state index contributed by atoms with van der Waals surface area (Å²) in [5.41, 5.74) is 4.39. The Hall–Kier alpha value is -2.90. The molecule has 0 spiro atoms. The lowest BCUT2D eigenvalue weighted by molar-refractivity contribution is 0.0825. The Balaban J connectivity index is 1.83. The number of amides is 1. The second kappa shape index (κ2) is 6.37. The van der Waals surface area contributed by atoms with Gasteiger partial charge < -0.3 is 19.7 Å². The van der Waals surface area contributed by atoms with Crippen LogP contribution in [0.3, 0.4) is 0 Å². The Morgan fingerprint density at radius 2 is 1.96 bits per heavy atom. The number of hydrogen-bond donors (Lipinski definition) is 3. The number of aromatic hydroxyl groups is 1. The van der Waals surface area contributed by atoms with E-state index in [1.54, 1.807) is 14.1 Å². The van der Waals surface area contributed by atoms with E-state index in [1.165, 1.54) is 4.90 Å². The van der Waals surface area contributed by atoms with Gasteiger partial charge in [-0.05, 0) is 12.1 Å². The summed E-state index contributed by atoms with van der Waals surface area (Å²) in [5.74, 6) is -0.555. The molecule has 7 nitrogen and oxygen atoms in total. The van der Waals surface area contributed by atoms with Gasteiger partial charge in [-0.3, -0.25) is 10.2 Å². The summed E-state index contributed by atoms with van der Waals surface area (Å²) in [7, 11) is 3.11. The van der Waals surface area contributed by atoms with E-state index >= 15 is 0 Å². The Bertz CT molecular complexity index is 1090. The number of para-hydroxylation sites is 1. The van der Waals surface area contributed by atoms with Crippen LogP contribution in [0.2, 0.25) is 10.0 Å². The van der Waals surface area contributed by atoms with Crippen LogP contribution in [-0.2, 0) is 0 Å². The standard InChI is InChI=1S/C18H14Cl2N4O3/c1-24(2)18(26)11-14-16(13(20)12(19)15(11)25)27-17(23-22-14)10-7-8-5-3-4-6-9(8)21-10/h3-7,21-22,25H,1-2H3. The minimum atomic E-state index is -0.470. The van der Waals surface area contributed by atoms with Gasteiger partial charge in [0.2, 0.25) is 0 Å². The molecule has 1 aromatic heterocycles. The highest BCUT2D eigenvalue weighted by molar-refractivity contribution is 6.45. The first kappa shape index (κ1) is 17.5. The third kappa shape index (κ3) is 2.75. The quantitative estimate of drug-likeness (QED) is 0.600. The van der Waals surface area contributed by atoms with E-state index in [9.17, 15) is 9.90 Å². The smallest absolute Gasteiger partial charge is 0.260 e. The molecule has 3 N–H and O–H groups in total. The summed E-state index contributed by atoms with van der Waals surface area (Å²) in [6.45, 7) is 0. The van der Waals surface area contributed by atoms with Crippen LogP contribution in [0.1, 0.15) is 16.1 Å². The number of ether oxygens (including phenoxy) is 1. The van der Waals surface area contributed by atoms with Crippen molar-refractivity contribution in [2.24, 2.45) is 5.10 Å². The fourth-order valence-electron chi connectivity index (χ4n) is 2.82. The van der Waals surface area contributed by atoms with Crippen LogP contribution in [0.25, 0.3) is 10.9 Å². The molecule has 0 unspecified atom stereocenters. The number of H-pyrrole nitrogens is 1. The highest BCUT2D eigenvalue weighted by Gasteiger charge is 2.32. The molecule has 1 aliphatic rings. The van der Waals surface area contributed by atoms with Crippen molar-refractivity contribution < 1.29 is 14.6 Å². The van der Waals surface area contributed by atoms with Crippen molar-refractivity contribution in [2.45, 2.75) is 0 Å². The first-order valence-corrected chi connectivity index (χ1v) is 8.69. The van der Waals surface area contributed by atoms with E-state index in [4.69, 9.17) is 27.9 Å². The number of phenols is 1. The lowest BCUT2D eigenvalue weighted by Gasteiger charge is -2.23. The van der Waals surface area contributed by atoms with Crippen molar-refractivity contribution in [1.29, 1.82) is 0 Å². The van der Waals surface area contributed by atoms with Crippen molar-refractivity contribution in [2.75, 3.05) is 19.5 Å². The maximum absolute atomic E-state index is 12.5. The summed E-state index contributed by atoms with van der Waals surface area (Å²) in [6.07, 6.45) is 0. The number of carbonyl (C=O) groups is 1. The van der Waals surface area contributed by atoms with Crippen LogP contribution in [0, 0.1) is 0 Å². The third-order valence-corrected chi connectivity index (χ3v) is 4.99. The molecule has 0 aliphatic carbocycles. The molecular weight excluding hydrogens is 391 g/mol. The van der Waals surface area contributed by atoms with Gasteiger partial charge in [0, 0.05) is 25.0 Å². The maximum Gasteiger partial charge on any atom is 0.260 e. The summed E-state index contributed by atoms with van der Waals surface area (Å²) in [4.78, 5) is 17.0. The fraction of sp³-hybridized carbons (Fsp3) is 0.111. The first-order chi connectivity index (χ1) is 12.9. The number of anilines is 1. The normalized spacial score (nSPS) is 12.8. The summed E-state index contributed by atoms with van der Waals surface area (Å²) >= 11 is 12.4. The molecule has 4 rings (SSSR count). The number of nitrogens with one attached hydrogen (secondary N) is 2. The van der Waals surface area contributed by atoms with Crippen LogP contribution < -0.4 is 10.2 Å². The lowest BCUT2D eigenvalue weighted by atomic mass is 10.1. The zero-order chi connectivity index (χ0) is 19.3. The second-order valence-electron chi connectivity index (χ2n) is 6.16. The number of hydrogen-bond acceptors (Lipinski definition) is 5. The zero-order valence-corrected chi connectivity index (χ0v) is 15.8. The molecule has 0 fully saturated rings. The summed E-state index contributed by atoms with van der Waals surface area (Å²) in [6, 6.07) is 9.60. The van der Waals surface area contributed by atoms with Crippen LogP contribution in [-0.4, -0.2) is 40.9 Å². The topological polar surface area (TPSA) is 90.0 Å². The minimum absolute atomic E-state index is 0.0181. The Morgan fingerprint density at radius 1 is 1.22 bits per heavy atom. The highest BCUT2D eigenvalue weighted by Crippen LogP contribution is 2.49. The predicted octanol–water partition coefficient (Wildman–Crippen LogP) is 4.05. The number of hydrazone groups is 1. The number of nitrogens with zero attached hydrogens (tertiary/aromatic N) is 2. The average Bonchev–Trinajstić information content (AvgIpc) is 3.10. The molecule has 0 atom stereocenters. The van der Waals surface area contributed by atoms with Gasteiger partial charge in [0.15, 0.2) is 11.5 Å². The Kier molecular flexibility index (Phi) is 4.13. The second-order valence-corrected chi connectivity index (χ2v) is 6.91. The van der Waals surface area contributed by atoms with E-state index in [0.717, 1.165) is 10.9 Å². The number of fused-ring (bicyclic) bond motifs is 2. The molecule has 1 amide bonds. The molecule has 0 bridgehead atoms. The van der Waals surface area contributed by atoms with Crippen molar-refractivity contribution in [3.63, 3.8) is 0 Å². The largest absolute Gasteiger partial charge is 0.505 e. The van der Waals surface area contributed by atoms with Gasteiger partial charge >= 0.3 is 0 Å². The van der Waals surface area contributed by atoms with Gasteiger partial charge in [0.1, 0.15) is 27.0 Å². The van der Waals surface area contributed by atoms with Crippen LogP contribution in [0.4, 0.5) is 5.69 Å². The monoisotopic (exact) mass is 404 g/mol. The zero-order valence-electron chi connectivity index (χ0n) is 14.3. The number of aromatic nitrogens is 1. The van der Waals surface area contributed by atoms with E-state index in [1.807, 2.05) is 30.3 Å². The first-order valence-electron chi connectivity index (χ1n) is 7.93. The van der Waals surface area contributed by atoms with Gasteiger partial charge in [-0.2, -0.15) is 0 Å². The van der Waals surface area contributed by atoms with Gasteiger partial charge in [0.05, 0.1) is 0 Å². The summed E-state index contributed by atoms with van der Waals surface area (Å²) < 4.78 is 5.84. The SMILES string of the molecule is CN(C)C(=O)c1c(O)c(Cl)c(Cl)c2c1NN=C(c1cc3ccccc3[nH]1)O2. The number of benzene rings is 2. The molecule has 2 heterocycles. The van der Waals surface area contributed by atoms with Gasteiger partial charge in [-0.15, -0.1) is 5.10 Å². The summed E-state index contributed by atoms with van der Waals surface area (Å²) in [5, 5.41) is 15.3. The number of phenolic OH excluding ortho intramolecular Hbond substituents is 1. The van der Waals surface area contributed by atoms with Gasteiger partial charge in [-0.1, -0.05) is 41.4 Å². The molecule has 0 saturated carbocycles. The lowest BCUT2D eigenvalue weighted by Crippen LogP contribution is -2.25. The highest BCUT2D eigenvalue weighted by atomic mass is 35.5. The molecule has 138 valence electrons. The molecule has 9 heteroatoms. The van der Waals surface area contributed by atoms with Crippen LogP contribution in [0.15, 0.2) is 35.4 Å².